The fourth-order valence-electron chi connectivity index (χ4n) is 0.327. The predicted molar refractivity (Wildman–Crippen MR) is 39.0 cm³/mol. The van der Waals surface area contributed by atoms with Gasteiger partial charge < -0.3 is 4.74 Å². The first kappa shape index (κ1) is 8.78. The second-order valence-corrected chi connectivity index (χ2v) is 1.42. The molecule has 0 atom stereocenters. The van der Waals surface area contributed by atoms with Gasteiger partial charge in [0.1, 0.15) is 0 Å². The third-order valence-electron chi connectivity index (χ3n) is 0.708. The van der Waals surface area contributed by atoms with Gasteiger partial charge in [-0.1, -0.05) is 5.11 Å². The zero-order valence-electron chi connectivity index (χ0n) is 5.90. The Kier molecular flexibility index (Phi) is 6.83. The average molecular weight is 142 g/mol. The first-order valence-corrected chi connectivity index (χ1v) is 3.02. The number of hydrogen-bond acceptors (Lipinski definition) is 3. The molecule has 0 aromatic rings. The molecule has 0 aliphatic rings. The van der Waals surface area contributed by atoms with Crippen molar-refractivity contribution in [3.8, 4) is 0 Å². The minimum Gasteiger partial charge on any atom is -0.484 e. The Morgan fingerprint density at radius 3 is 3.00 bits per heavy atom. The third-order valence-corrected chi connectivity index (χ3v) is 0.708. The lowest BCUT2D eigenvalue weighted by Gasteiger charge is -1.89. The fraction of sp³-hybridized carbons (Fsp3) is 0.800. The van der Waals surface area contributed by atoms with E-state index < -0.39 is 0 Å². The maximum Gasteiger partial charge on any atom is 0.169 e. The summed E-state index contributed by atoms with van der Waals surface area (Å²) in [4.78, 5) is 6.35. The van der Waals surface area contributed by atoms with Crippen LogP contribution in [0.25, 0.3) is 10.4 Å². The standard InChI is InChI=1S/C5H10N4O/c1-2-10-5-7-3-4-8-9-6/h5H,2-4H2,1H3. The van der Waals surface area contributed by atoms with E-state index >= 15 is 0 Å². The molecule has 56 valence electrons. The van der Waals surface area contributed by atoms with E-state index in [1.807, 2.05) is 6.92 Å². The molecule has 0 N–H and O–H groups in total. The van der Waals surface area contributed by atoms with Crippen LogP contribution in [0.1, 0.15) is 6.92 Å². The van der Waals surface area contributed by atoms with Gasteiger partial charge in [-0.15, -0.1) is 0 Å². The van der Waals surface area contributed by atoms with Gasteiger partial charge in [-0.3, -0.25) is 4.99 Å². The van der Waals surface area contributed by atoms with Crippen molar-refractivity contribution in [2.75, 3.05) is 19.7 Å². The van der Waals surface area contributed by atoms with E-state index in [0.29, 0.717) is 19.7 Å². The average Bonchev–Trinajstić information content (AvgIpc) is 1.97. The fourth-order valence-corrected chi connectivity index (χ4v) is 0.327. The topological polar surface area (TPSA) is 70.4 Å². The van der Waals surface area contributed by atoms with Crippen LogP contribution >= 0.6 is 0 Å². The molecule has 0 radical (unpaired) electrons. The first-order chi connectivity index (χ1) is 4.91. The summed E-state index contributed by atoms with van der Waals surface area (Å²) >= 11 is 0. The van der Waals surface area contributed by atoms with Crippen LogP contribution in [0.3, 0.4) is 0 Å². The van der Waals surface area contributed by atoms with Crippen LogP contribution in [0, 0.1) is 0 Å². The summed E-state index contributed by atoms with van der Waals surface area (Å²) in [5.41, 5.74) is 7.84. The molecule has 0 aliphatic heterocycles. The van der Waals surface area contributed by atoms with Crippen molar-refractivity contribution in [3.63, 3.8) is 0 Å². The summed E-state index contributed by atoms with van der Waals surface area (Å²) in [7, 11) is 0. The quantitative estimate of drug-likeness (QED) is 0.143. The van der Waals surface area contributed by atoms with Crippen LogP contribution in [0.2, 0.25) is 0 Å². The van der Waals surface area contributed by atoms with Crippen molar-refractivity contribution in [3.05, 3.63) is 10.4 Å². The summed E-state index contributed by atoms with van der Waals surface area (Å²) in [6, 6.07) is 0. The summed E-state index contributed by atoms with van der Waals surface area (Å²) < 4.78 is 4.79. The van der Waals surface area contributed by atoms with Crippen LogP contribution in [-0.4, -0.2) is 26.1 Å². The molecule has 5 nitrogen and oxygen atoms in total. The third kappa shape index (κ3) is 6.78. The number of nitrogens with zero attached hydrogens (tertiary/aromatic N) is 4. The highest BCUT2D eigenvalue weighted by Gasteiger charge is 1.75. The molecule has 0 rings (SSSR count). The van der Waals surface area contributed by atoms with E-state index in [-0.39, 0.29) is 0 Å². The van der Waals surface area contributed by atoms with Gasteiger partial charge >= 0.3 is 0 Å². The molecule has 0 saturated carbocycles. The SMILES string of the molecule is CCOC=NCCN=[N+]=[N-]. The minimum atomic E-state index is 0.389. The van der Waals surface area contributed by atoms with Gasteiger partial charge in [-0.2, -0.15) is 0 Å². The van der Waals surface area contributed by atoms with Crippen molar-refractivity contribution < 1.29 is 4.74 Å². The Hall–Kier alpha value is -1.22. The predicted octanol–water partition coefficient (Wildman–Crippen LogP) is 1.36. The van der Waals surface area contributed by atoms with Crippen LogP contribution in [0.15, 0.2) is 10.1 Å². The second-order valence-electron chi connectivity index (χ2n) is 1.42. The van der Waals surface area contributed by atoms with Gasteiger partial charge in [0.15, 0.2) is 6.40 Å². The van der Waals surface area contributed by atoms with E-state index in [2.05, 4.69) is 15.0 Å². The molecule has 0 saturated heterocycles. The molecule has 0 aromatic carbocycles. The Morgan fingerprint density at radius 2 is 2.40 bits per heavy atom. The normalized spacial score (nSPS) is 9.30. The molecular formula is C5H10N4O. The van der Waals surface area contributed by atoms with Crippen LogP contribution in [0.4, 0.5) is 0 Å². The Morgan fingerprint density at radius 1 is 1.60 bits per heavy atom. The van der Waals surface area contributed by atoms with Gasteiger partial charge in [0.2, 0.25) is 0 Å². The molecule has 0 fully saturated rings. The second kappa shape index (κ2) is 7.78. The van der Waals surface area contributed by atoms with Gasteiger partial charge in [0.05, 0.1) is 6.61 Å². The van der Waals surface area contributed by atoms with Crippen molar-refractivity contribution in [1.29, 1.82) is 0 Å². The smallest absolute Gasteiger partial charge is 0.169 e. The largest absolute Gasteiger partial charge is 0.484 e. The first-order valence-electron chi connectivity index (χ1n) is 3.02. The lowest BCUT2D eigenvalue weighted by molar-refractivity contribution is 0.342. The number of rotatable bonds is 5. The maximum absolute atomic E-state index is 7.84. The van der Waals surface area contributed by atoms with Crippen molar-refractivity contribution in [2.45, 2.75) is 6.92 Å². The highest BCUT2D eigenvalue weighted by molar-refractivity contribution is 5.45. The maximum atomic E-state index is 7.84. The van der Waals surface area contributed by atoms with Crippen LogP contribution < -0.4 is 0 Å². The molecule has 0 aliphatic carbocycles. The molecule has 10 heavy (non-hydrogen) atoms. The summed E-state index contributed by atoms with van der Waals surface area (Å²) in [6.45, 7) is 3.37. The number of ether oxygens (including phenoxy) is 1. The molecular weight excluding hydrogens is 132 g/mol. The van der Waals surface area contributed by atoms with E-state index in [9.17, 15) is 0 Å². The van der Waals surface area contributed by atoms with Crippen LogP contribution in [0.5, 0.6) is 0 Å². The summed E-state index contributed by atoms with van der Waals surface area (Å²) in [5, 5.41) is 3.28. The molecule has 0 spiro atoms. The minimum absolute atomic E-state index is 0.389. The van der Waals surface area contributed by atoms with E-state index in [1.54, 1.807) is 0 Å². The number of azide groups is 1. The summed E-state index contributed by atoms with van der Waals surface area (Å²) in [5.74, 6) is 0. The number of aliphatic imine (C=N–C) groups is 1. The van der Waals surface area contributed by atoms with Crippen molar-refractivity contribution in [1.82, 2.24) is 0 Å². The van der Waals surface area contributed by atoms with E-state index in [1.165, 1.54) is 6.40 Å². The highest BCUT2D eigenvalue weighted by Crippen LogP contribution is 1.73. The molecule has 0 amide bonds. The van der Waals surface area contributed by atoms with E-state index in [4.69, 9.17) is 10.3 Å². The van der Waals surface area contributed by atoms with Crippen LogP contribution in [-0.2, 0) is 4.74 Å². The van der Waals surface area contributed by atoms with Gasteiger partial charge in [0.25, 0.3) is 0 Å². The molecule has 5 heteroatoms. The molecule has 0 aromatic heterocycles. The van der Waals surface area contributed by atoms with Gasteiger partial charge in [-0.05, 0) is 12.5 Å². The number of hydrogen-bond donors (Lipinski definition) is 0. The van der Waals surface area contributed by atoms with E-state index in [0.717, 1.165) is 0 Å². The Labute approximate surface area is 59.3 Å². The summed E-state index contributed by atoms with van der Waals surface area (Å²) in [6.07, 6.45) is 1.37. The molecule has 0 bridgehead atoms. The zero-order chi connectivity index (χ0) is 7.66. The Balaban J connectivity index is 3.09. The molecule has 0 unspecified atom stereocenters. The zero-order valence-corrected chi connectivity index (χ0v) is 5.90. The monoisotopic (exact) mass is 142 g/mol. The van der Waals surface area contributed by atoms with Gasteiger partial charge in [0, 0.05) is 18.0 Å². The van der Waals surface area contributed by atoms with Gasteiger partial charge in [-0.25, -0.2) is 0 Å². The Bertz CT molecular complexity index is 139. The highest BCUT2D eigenvalue weighted by atomic mass is 16.5. The van der Waals surface area contributed by atoms with Crippen molar-refractivity contribution in [2.24, 2.45) is 10.1 Å². The lowest BCUT2D eigenvalue weighted by atomic mass is 10.7. The van der Waals surface area contributed by atoms with Crippen molar-refractivity contribution >= 4 is 6.40 Å². The molecule has 0 heterocycles. The lowest BCUT2D eigenvalue weighted by Crippen LogP contribution is -1.89.